The Morgan fingerprint density at radius 1 is 1.23 bits per heavy atom. The molecule has 11 heteroatoms. The highest BCUT2D eigenvalue weighted by molar-refractivity contribution is 5.96. The number of amides is 1. The molecule has 0 aliphatic carbocycles. The second-order valence-corrected chi connectivity index (χ2v) is 6.52. The molecule has 2 N–H and O–H groups in total. The van der Waals surface area contributed by atoms with Gasteiger partial charge >= 0.3 is 6.18 Å². The molecule has 0 aliphatic heterocycles. The highest BCUT2D eigenvalue weighted by Crippen LogP contribution is 2.29. The number of halogens is 3. The van der Waals surface area contributed by atoms with Crippen molar-refractivity contribution >= 4 is 28.3 Å². The van der Waals surface area contributed by atoms with Crippen LogP contribution in [0.3, 0.4) is 0 Å². The van der Waals surface area contributed by atoms with E-state index in [2.05, 4.69) is 19.9 Å². The molecule has 4 aromatic rings. The van der Waals surface area contributed by atoms with Crippen LogP contribution in [0.15, 0.2) is 43.1 Å². The number of pyridine rings is 2. The molecular formula is C19H16F3N7O. The highest BCUT2D eigenvalue weighted by Gasteiger charge is 2.31. The quantitative estimate of drug-likeness (QED) is 0.549. The van der Waals surface area contributed by atoms with E-state index in [0.29, 0.717) is 27.6 Å². The molecule has 4 rings (SSSR count). The number of rotatable bonds is 3. The first-order chi connectivity index (χ1) is 15.4. The Morgan fingerprint density at radius 2 is 2.03 bits per heavy atom. The van der Waals surface area contributed by atoms with Crippen LogP contribution >= 0.6 is 0 Å². The van der Waals surface area contributed by atoms with E-state index >= 15 is 0 Å². The zero-order valence-corrected chi connectivity index (χ0v) is 15.4. The average molecular weight is 418 g/mol. The van der Waals surface area contributed by atoms with Crippen LogP contribution in [-0.4, -0.2) is 42.1 Å². The summed E-state index contributed by atoms with van der Waals surface area (Å²) in [5.74, 6) is -0.761. The normalized spacial score (nSPS) is 14.9. The summed E-state index contributed by atoms with van der Waals surface area (Å²) in [6.45, 7) is -1.57. The number of carbonyl (C=O) groups excluding carboxylic acids is 1. The van der Waals surface area contributed by atoms with E-state index in [-0.39, 0.29) is 17.2 Å². The number of hydrogen-bond acceptors (Lipinski definition) is 6. The van der Waals surface area contributed by atoms with Crippen molar-refractivity contribution in [2.45, 2.75) is 19.1 Å². The summed E-state index contributed by atoms with van der Waals surface area (Å²) in [5.41, 5.74) is 5.92. The van der Waals surface area contributed by atoms with Crippen molar-refractivity contribution in [1.29, 1.82) is 0 Å². The third kappa shape index (κ3) is 3.27. The lowest BCUT2D eigenvalue weighted by atomic mass is 10.1. The predicted molar refractivity (Wildman–Crippen MR) is 102 cm³/mol. The number of fused-ring (bicyclic) bond motifs is 3. The Bertz CT molecular complexity index is 1350. The van der Waals surface area contributed by atoms with E-state index in [1.54, 1.807) is 4.40 Å². The maximum absolute atomic E-state index is 13.2. The number of imidazole rings is 1. The number of nitrogens with two attached hydrogens (primary N) is 1. The predicted octanol–water partition coefficient (Wildman–Crippen LogP) is 3.11. The van der Waals surface area contributed by atoms with Gasteiger partial charge in [-0.1, -0.05) is 0 Å². The molecule has 30 heavy (non-hydrogen) atoms. The largest absolute Gasteiger partial charge is 0.417 e. The van der Waals surface area contributed by atoms with Gasteiger partial charge < -0.3 is 10.6 Å². The van der Waals surface area contributed by atoms with Crippen LogP contribution in [0, 0.1) is 0 Å². The molecule has 0 saturated carbocycles. The molecule has 8 nitrogen and oxygen atoms in total. The van der Waals surface area contributed by atoms with Crippen LogP contribution in [-0.2, 0) is 6.18 Å². The summed E-state index contributed by atoms with van der Waals surface area (Å²) in [6, 6.07) is 1.99. The number of aromatic nitrogens is 5. The minimum Gasteiger partial charge on any atom is -0.382 e. The molecule has 0 radical (unpaired) electrons. The fourth-order valence-electron chi connectivity index (χ4n) is 2.95. The molecule has 1 amide bonds. The van der Waals surface area contributed by atoms with E-state index in [9.17, 15) is 18.0 Å². The van der Waals surface area contributed by atoms with E-state index in [0.717, 1.165) is 12.1 Å². The average Bonchev–Trinajstić information content (AvgIpc) is 3.23. The Balaban J connectivity index is 1.75. The second-order valence-electron chi connectivity index (χ2n) is 6.52. The first-order valence-corrected chi connectivity index (χ1v) is 8.62. The van der Waals surface area contributed by atoms with Gasteiger partial charge in [-0.15, -0.1) is 0 Å². The molecule has 0 saturated heterocycles. The SMILES string of the molecule is [2H]C([2H])([2H])N(C(=O)c1cc2c(cn1)nc(N)c1cncn12)C(C)c1ccc(C(F)(F)F)cn1. The smallest absolute Gasteiger partial charge is 0.382 e. The molecule has 0 spiro atoms. The molecule has 0 bridgehead atoms. The summed E-state index contributed by atoms with van der Waals surface area (Å²) in [7, 11) is 0. The van der Waals surface area contributed by atoms with Gasteiger partial charge in [-0.25, -0.2) is 15.0 Å². The molecule has 0 aromatic carbocycles. The van der Waals surface area contributed by atoms with Crippen molar-refractivity contribution in [3.05, 3.63) is 60.1 Å². The molecule has 0 aliphatic rings. The van der Waals surface area contributed by atoms with Gasteiger partial charge in [0, 0.05) is 17.3 Å². The molecule has 4 heterocycles. The molecule has 1 unspecified atom stereocenters. The lowest BCUT2D eigenvalue weighted by Gasteiger charge is -2.24. The van der Waals surface area contributed by atoms with Crippen molar-refractivity contribution in [1.82, 2.24) is 29.2 Å². The van der Waals surface area contributed by atoms with Crippen molar-refractivity contribution < 1.29 is 22.1 Å². The summed E-state index contributed by atoms with van der Waals surface area (Å²) in [5, 5.41) is 0. The van der Waals surface area contributed by atoms with Crippen molar-refractivity contribution in [2.24, 2.45) is 0 Å². The molecule has 4 aromatic heterocycles. The van der Waals surface area contributed by atoms with Crippen LogP contribution in [0.1, 0.15) is 38.8 Å². The number of nitrogen functional groups attached to an aromatic ring is 1. The zero-order chi connectivity index (χ0) is 24.1. The number of alkyl halides is 3. The van der Waals surface area contributed by atoms with Gasteiger partial charge in [0.05, 0.1) is 41.5 Å². The van der Waals surface area contributed by atoms with Gasteiger partial charge in [-0.2, -0.15) is 13.2 Å². The summed E-state index contributed by atoms with van der Waals surface area (Å²) in [4.78, 5) is 29.8. The molecule has 154 valence electrons. The van der Waals surface area contributed by atoms with Crippen molar-refractivity contribution in [3.8, 4) is 0 Å². The first kappa shape index (κ1) is 16.1. The third-order valence-electron chi connectivity index (χ3n) is 4.63. The summed E-state index contributed by atoms with van der Waals surface area (Å²) >= 11 is 0. The van der Waals surface area contributed by atoms with E-state index in [4.69, 9.17) is 9.85 Å². The lowest BCUT2D eigenvalue weighted by Crippen LogP contribution is -2.31. The highest BCUT2D eigenvalue weighted by atomic mass is 19.4. The first-order valence-electron chi connectivity index (χ1n) is 10.1. The maximum Gasteiger partial charge on any atom is 0.417 e. The fourth-order valence-corrected chi connectivity index (χ4v) is 2.95. The van der Waals surface area contributed by atoms with Crippen LogP contribution in [0.4, 0.5) is 19.0 Å². The van der Waals surface area contributed by atoms with Crippen molar-refractivity contribution in [2.75, 3.05) is 12.7 Å². The lowest BCUT2D eigenvalue weighted by molar-refractivity contribution is -0.137. The van der Waals surface area contributed by atoms with E-state index in [1.807, 2.05) is 0 Å². The van der Waals surface area contributed by atoms with Gasteiger partial charge in [-0.05, 0) is 25.1 Å². The minimum absolute atomic E-state index is 0.0281. The van der Waals surface area contributed by atoms with Gasteiger partial charge in [0.25, 0.3) is 5.91 Å². The van der Waals surface area contributed by atoms with E-state index in [1.165, 1.54) is 31.7 Å². The molecular weight excluding hydrogens is 399 g/mol. The minimum atomic E-state index is -4.60. The Kier molecular flexibility index (Phi) is 3.72. The van der Waals surface area contributed by atoms with Crippen LogP contribution in [0.5, 0.6) is 0 Å². The summed E-state index contributed by atoms with van der Waals surface area (Å²) < 4.78 is 63.6. The molecule has 0 fully saturated rings. The Hall–Kier alpha value is -3.76. The Labute approximate surface area is 172 Å². The number of carbonyl (C=O) groups is 1. The second kappa shape index (κ2) is 6.94. The van der Waals surface area contributed by atoms with Crippen LogP contribution in [0.2, 0.25) is 0 Å². The zero-order valence-electron chi connectivity index (χ0n) is 18.4. The van der Waals surface area contributed by atoms with Gasteiger partial charge in [0.2, 0.25) is 0 Å². The summed E-state index contributed by atoms with van der Waals surface area (Å²) in [6.07, 6.45) is 0.210. The van der Waals surface area contributed by atoms with Gasteiger partial charge in [0.15, 0.2) is 0 Å². The van der Waals surface area contributed by atoms with Crippen LogP contribution < -0.4 is 5.73 Å². The van der Waals surface area contributed by atoms with Gasteiger partial charge in [0.1, 0.15) is 22.5 Å². The third-order valence-corrected chi connectivity index (χ3v) is 4.63. The van der Waals surface area contributed by atoms with Crippen molar-refractivity contribution in [3.63, 3.8) is 0 Å². The Morgan fingerprint density at radius 3 is 2.70 bits per heavy atom. The maximum atomic E-state index is 13.2. The number of nitrogens with zero attached hydrogens (tertiary/aromatic N) is 6. The topological polar surface area (TPSA) is 102 Å². The standard InChI is InChI=1S/C19H16F3N7O/c1-10(12-4-3-11(6-25-12)19(20,21)22)28(2)18(30)13-5-15-14(7-26-13)27-17(23)16-8-24-9-29(15)16/h3-10H,1-2H3,(H2,23,27)/i2D3. The van der Waals surface area contributed by atoms with E-state index < -0.39 is 30.7 Å². The monoisotopic (exact) mass is 418 g/mol. The van der Waals surface area contributed by atoms with Crippen LogP contribution in [0.25, 0.3) is 16.6 Å². The molecule has 1 atom stereocenters. The fraction of sp³-hybridized carbons (Fsp3) is 0.211. The number of anilines is 1. The number of hydrogen-bond donors (Lipinski definition) is 1. The van der Waals surface area contributed by atoms with Gasteiger partial charge in [-0.3, -0.25) is 14.2 Å².